The van der Waals surface area contributed by atoms with Crippen molar-refractivity contribution in [2.75, 3.05) is 0 Å². The molecule has 1 aromatic carbocycles. The molecular weight excluding hydrogens is 307 g/mol. The fraction of sp³-hybridized carbons (Fsp3) is 0.0667. The Balaban J connectivity index is 1.66. The molecule has 3 aromatic rings. The summed E-state index contributed by atoms with van der Waals surface area (Å²) in [7, 11) is 0. The summed E-state index contributed by atoms with van der Waals surface area (Å²) in [5.74, 6) is -0.501. The Morgan fingerprint density at radius 3 is 2.95 bits per heavy atom. The molecule has 21 heavy (non-hydrogen) atoms. The number of thiophene rings is 1. The highest BCUT2D eigenvalue weighted by molar-refractivity contribution is 7.21. The molecule has 0 aliphatic carbocycles. The SMILES string of the molecule is O=C(NCc1cccc(F)c1)c1cnc(-c2cccs2)s1. The Bertz CT molecular complexity index is 753. The average molecular weight is 318 g/mol. The molecule has 0 aliphatic heterocycles. The number of hydrogen-bond donors (Lipinski definition) is 1. The number of nitrogens with zero attached hydrogens (tertiary/aromatic N) is 1. The number of benzene rings is 1. The van der Waals surface area contributed by atoms with Crippen molar-refractivity contribution in [3.63, 3.8) is 0 Å². The molecule has 0 bridgehead atoms. The van der Waals surface area contributed by atoms with Crippen molar-refractivity contribution in [2.45, 2.75) is 6.54 Å². The van der Waals surface area contributed by atoms with Crippen LogP contribution in [0.25, 0.3) is 9.88 Å². The molecule has 2 aromatic heterocycles. The molecule has 3 rings (SSSR count). The highest BCUT2D eigenvalue weighted by atomic mass is 32.1. The van der Waals surface area contributed by atoms with E-state index in [4.69, 9.17) is 0 Å². The molecule has 1 amide bonds. The van der Waals surface area contributed by atoms with Gasteiger partial charge in [0.1, 0.15) is 15.7 Å². The summed E-state index contributed by atoms with van der Waals surface area (Å²) in [6.45, 7) is 0.294. The predicted molar refractivity (Wildman–Crippen MR) is 83.0 cm³/mol. The molecule has 3 nitrogen and oxygen atoms in total. The molecule has 6 heteroatoms. The van der Waals surface area contributed by atoms with E-state index in [0.717, 1.165) is 15.4 Å². The Kier molecular flexibility index (Phi) is 4.08. The van der Waals surface area contributed by atoms with Gasteiger partial charge < -0.3 is 5.32 Å². The molecule has 0 saturated carbocycles. The summed E-state index contributed by atoms with van der Waals surface area (Å²) < 4.78 is 13.1. The molecule has 0 fully saturated rings. The summed E-state index contributed by atoms with van der Waals surface area (Å²) in [6, 6.07) is 10.1. The van der Waals surface area contributed by atoms with Crippen molar-refractivity contribution in [1.82, 2.24) is 10.3 Å². The first-order chi connectivity index (χ1) is 10.2. The van der Waals surface area contributed by atoms with Crippen LogP contribution in [0.15, 0.2) is 48.0 Å². The second kappa shape index (κ2) is 6.15. The number of halogens is 1. The number of rotatable bonds is 4. The average Bonchev–Trinajstić information content (AvgIpc) is 3.15. The van der Waals surface area contributed by atoms with Gasteiger partial charge in [0.15, 0.2) is 0 Å². The van der Waals surface area contributed by atoms with Gasteiger partial charge in [0.2, 0.25) is 0 Å². The largest absolute Gasteiger partial charge is 0.347 e. The zero-order valence-corrected chi connectivity index (χ0v) is 12.5. The van der Waals surface area contributed by atoms with E-state index in [-0.39, 0.29) is 11.7 Å². The van der Waals surface area contributed by atoms with Crippen LogP contribution in [0, 0.1) is 5.82 Å². The van der Waals surface area contributed by atoms with Crippen LogP contribution < -0.4 is 5.32 Å². The lowest BCUT2D eigenvalue weighted by molar-refractivity contribution is 0.0954. The van der Waals surface area contributed by atoms with Gasteiger partial charge in [-0.2, -0.15) is 0 Å². The van der Waals surface area contributed by atoms with E-state index in [1.54, 1.807) is 29.7 Å². The standard InChI is InChI=1S/C15H11FN2OS2/c16-11-4-1-3-10(7-11)8-17-14(19)13-9-18-15(21-13)12-5-2-6-20-12/h1-7,9H,8H2,(H,17,19). The van der Waals surface area contributed by atoms with E-state index in [0.29, 0.717) is 11.4 Å². The first kappa shape index (κ1) is 13.9. The van der Waals surface area contributed by atoms with Crippen LogP contribution in [0.5, 0.6) is 0 Å². The van der Waals surface area contributed by atoms with Gasteiger partial charge in [-0.05, 0) is 29.1 Å². The van der Waals surface area contributed by atoms with E-state index in [2.05, 4.69) is 10.3 Å². The number of aromatic nitrogens is 1. The summed E-state index contributed by atoms with van der Waals surface area (Å²) >= 11 is 2.94. The molecule has 0 spiro atoms. The van der Waals surface area contributed by atoms with E-state index in [1.165, 1.54) is 23.5 Å². The molecule has 106 valence electrons. The summed E-state index contributed by atoms with van der Waals surface area (Å²) in [5, 5.41) is 5.58. The fourth-order valence-electron chi connectivity index (χ4n) is 1.81. The van der Waals surface area contributed by atoms with Crippen LogP contribution in [0.1, 0.15) is 15.2 Å². The minimum absolute atomic E-state index is 0.195. The molecule has 1 N–H and O–H groups in total. The summed E-state index contributed by atoms with van der Waals surface area (Å²) in [4.78, 5) is 17.9. The zero-order valence-electron chi connectivity index (χ0n) is 10.9. The lowest BCUT2D eigenvalue weighted by Gasteiger charge is -2.03. The van der Waals surface area contributed by atoms with Gasteiger partial charge in [-0.1, -0.05) is 18.2 Å². The third kappa shape index (κ3) is 3.34. The van der Waals surface area contributed by atoms with Crippen molar-refractivity contribution >= 4 is 28.6 Å². The van der Waals surface area contributed by atoms with Gasteiger partial charge >= 0.3 is 0 Å². The Hall–Kier alpha value is -2.05. The molecule has 0 aliphatic rings. The number of carbonyl (C=O) groups is 1. The highest BCUT2D eigenvalue weighted by Gasteiger charge is 2.12. The Morgan fingerprint density at radius 2 is 2.19 bits per heavy atom. The van der Waals surface area contributed by atoms with Crippen LogP contribution in [0.2, 0.25) is 0 Å². The van der Waals surface area contributed by atoms with E-state index in [1.807, 2.05) is 17.5 Å². The first-order valence-corrected chi connectivity index (χ1v) is 7.94. The van der Waals surface area contributed by atoms with Crippen molar-refractivity contribution in [2.24, 2.45) is 0 Å². The van der Waals surface area contributed by atoms with E-state index in [9.17, 15) is 9.18 Å². The molecule has 0 radical (unpaired) electrons. The van der Waals surface area contributed by atoms with Gasteiger partial charge in [-0.15, -0.1) is 22.7 Å². The third-order valence-electron chi connectivity index (χ3n) is 2.80. The molecule has 0 saturated heterocycles. The Morgan fingerprint density at radius 1 is 1.29 bits per heavy atom. The first-order valence-electron chi connectivity index (χ1n) is 6.25. The van der Waals surface area contributed by atoms with Gasteiger partial charge in [-0.3, -0.25) is 4.79 Å². The fourth-order valence-corrected chi connectivity index (χ4v) is 3.45. The van der Waals surface area contributed by atoms with Crippen molar-refractivity contribution in [3.05, 3.63) is 64.2 Å². The van der Waals surface area contributed by atoms with Gasteiger partial charge in [0.25, 0.3) is 5.91 Å². The van der Waals surface area contributed by atoms with Crippen LogP contribution >= 0.6 is 22.7 Å². The lowest BCUT2D eigenvalue weighted by atomic mass is 10.2. The van der Waals surface area contributed by atoms with Crippen LogP contribution in [-0.2, 0) is 6.54 Å². The van der Waals surface area contributed by atoms with E-state index >= 15 is 0 Å². The number of thiazole rings is 1. The lowest BCUT2D eigenvalue weighted by Crippen LogP contribution is -2.21. The van der Waals surface area contributed by atoms with Crippen molar-refractivity contribution in [1.29, 1.82) is 0 Å². The molecule has 2 heterocycles. The van der Waals surface area contributed by atoms with Crippen molar-refractivity contribution in [3.8, 4) is 9.88 Å². The normalized spacial score (nSPS) is 10.5. The molecule has 0 unspecified atom stereocenters. The summed E-state index contributed by atoms with van der Waals surface area (Å²) in [6.07, 6.45) is 1.57. The second-order valence-corrected chi connectivity index (χ2v) is 6.30. The molecular formula is C15H11FN2OS2. The Labute approximate surface area is 129 Å². The zero-order chi connectivity index (χ0) is 14.7. The number of hydrogen-bond acceptors (Lipinski definition) is 4. The second-order valence-electron chi connectivity index (χ2n) is 4.32. The monoisotopic (exact) mass is 318 g/mol. The minimum atomic E-state index is -0.306. The van der Waals surface area contributed by atoms with E-state index < -0.39 is 0 Å². The highest BCUT2D eigenvalue weighted by Crippen LogP contribution is 2.28. The maximum absolute atomic E-state index is 13.1. The van der Waals surface area contributed by atoms with Crippen LogP contribution in [-0.4, -0.2) is 10.9 Å². The van der Waals surface area contributed by atoms with Gasteiger partial charge in [0, 0.05) is 6.54 Å². The minimum Gasteiger partial charge on any atom is -0.347 e. The van der Waals surface area contributed by atoms with Crippen LogP contribution in [0.3, 0.4) is 0 Å². The quantitative estimate of drug-likeness (QED) is 0.791. The smallest absolute Gasteiger partial charge is 0.263 e. The third-order valence-corrected chi connectivity index (χ3v) is 4.84. The molecule has 0 atom stereocenters. The number of amides is 1. The van der Waals surface area contributed by atoms with Crippen molar-refractivity contribution < 1.29 is 9.18 Å². The maximum Gasteiger partial charge on any atom is 0.263 e. The maximum atomic E-state index is 13.1. The summed E-state index contributed by atoms with van der Waals surface area (Å²) in [5.41, 5.74) is 0.728. The van der Waals surface area contributed by atoms with Gasteiger partial charge in [-0.25, -0.2) is 9.37 Å². The number of carbonyl (C=O) groups excluding carboxylic acids is 1. The predicted octanol–water partition coefficient (Wildman–Crippen LogP) is 3.94. The topological polar surface area (TPSA) is 42.0 Å². The van der Waals surface area contributed by atoms with Crippen LogP contribution in [0.4, 0.5) is 4.39 Å². The van der Waals surface area contributed by atoms with Gasteiger partial charge in [0.05, 0.1) is 11.1 Å². The number of nitrogens with one attached hydrogen (secondary N) is 1.